The molecule has 0 fully saturated rings. The summed E-state index contributed by atoms with van der Waals surface area (Å²) < 4.78 is 0.903. The van der Waals surface area contributed by atoms with Gasteiger partial charge in [0.05, 0.1) is 5.69 Å². The molecule has 1 aromatic rings. The van der Waals surface area contributed by atoms with Gasteiger partial charge in [0.2, 0.25) is 0 Å². The van der Waals surface area contributed by atoms with Crippen LogP contribution >= 0.6 is 15.9 Å². The Morgan fingerprint density at radius 2 is 2.07 bits per heavy atom. The first-order valence-electron chi connectivity index (χ1n) is 5.20. The van der Waals surface area contributed by atoms with Crippen LogP contribution < -0.4 is 11.1 Å². The van der Waals surface area contributed by atoms with Crippen molar-refractivity contribution in [2.45, 2.75) is 39.2 Å². The predicted molar refractivity (Wildman–Crippen MR) is 69.0 cm³/mol. The monoisotopic (exact) mass is 271 g/mol. The summed E-state index contributed by atoms with van der Waals surface area (Å²) in [6.07, 6.45) is 3.84. The molecule has 0 aliphatic heterocycles. The Bertz CT molecular complexity index is 335. The first-order valence-corrected chi connectivity index (χ1v) is 5.99. The number of aromatic nitrogens is 1. The fourth-order valence-corrected chi connectivity index (χ4v) is 1.62. The van der Waals surface area contributed by atoms with Crippen molar-refractivity contribution in [2.75, 3.05) is 11.1 Å². The largest absolute Gasteiger partial charge is 0.396 e. The van der Waals surface area contributed by atoms with Gasteiger partial charge in [-0.05, 0) is 41.8 Å². The lowest BCUT2D eigenvalue weighted by Gasteiger charge is -2.29. The highest BCUT2D eigenvalue weighted by atomic mass is 79.9. The summed E-state index contributed by atoms with van der Waals surface area (Å²) in [4.78, 5) is 4.28. The quantitative estimate of drug-likeness (QED) is 0.883. The Labute approximate surface area is 99.6 Å². The standard InChI is InChI=1S/C11H18BrN3/c1-4-11(3,5-2)15-10-9(13)6-8(12)7-14-10/h6-7H,4-5,13H2,1-3H3,(H,14,15). The number of hydrogen-bond donors (Lipinski definition) is 2. The Kier molecular flexibility index (Phi) is 3.97. The van der Waals surface area contributed by atoms with E-state index in [1.807, 2.05) is 6.07 Å². The smallest absolute Gasteiger partial charge is 0.149 e. The molecule has 0 unspecified atom stereocenters. The van der Waals surface area contributed by atoms with Crippen LogP contribution in [0, 0.1) is 0 Å². The summed E-state index contributed by atoms with van der Waals surface area (Å²) in [7, 11) is 0. The summed E-state index contributed by atoms with van der Waals surface area (Å²) in [5.74, 6) is 0.768. The van der Waals surface area contributed by atoms with Crippen molar-refractivity contribution in [3.63, 3.8) is 0 Å². The van der Waals surface area contributed by atoms with Gasteiger partial charge in [-0.2, -0.15) is 0 Å². The zero-order valence-electron chi connectivity index (χ0n) is 9.47. The number of nitrogens with two attached hydrogens (primary N) is 1. The third-order valence-corrected chi connectivity index (χ3v) is 3.30. The number of anilines is 2. The van der Waals surface area contributed by atoms with Crippen LogP contribution in [-0.2, 0) is 0 Å². The van der Waals surface area contributed by atoms with E-state index in [2.05, 4.69) is 47.0 Å². The number of nitrogens with zero attached hydrogens (tertiary/aromatic N) is 1. The third kappa shape index (κ3) is 3.09. The normalized spacial score (nSPS) is 11.5. The molecule has 0 aliphatic rings. The third-order valence-electron chi connectivity index (χ3n) is 2.86. The number of pyridine rings is 1. The van der Waals surface area contributed by atoms with E-state index in [9.17, 15) is 0 Å². The highest BCUT2D eigenvalue weighted by molar-refractivity contribution is 9.10. The molecular weight excluding hydrogens is 254 g/mol. The Hall–Kier alpha value is -0.770. The number of rotatable bonds is 4. The summed E-state index contributed by atoms with van der Waals surface area (Å²) in [5.41, 5.74) is 6.63. The second-order valence-electron chi connectivity index (χ2n) is 3.98. The Balaban J connectivity index is 2.89. The van der Waals surface area contributed by atoms with Crippen molar-refractivity contribution in [1.82, 2.24) is 4.98 Å². The minimum atomic E-state index is 0.0644. The molecular formula is C11H18BrN3. The summed E-state index contributed by atoms with van der Waals surface area (Å²) in [6, 6.07) is 1.86. The molecule has 0 spiro atoms. The molecule has 0 radical (unpaired) electrons. The molecule has 0 bridgehead atoms. The van der Waals surface area contributed by atoms with Crippen molar-refractivity contribution in [3.8, 4) is 0 Å². The first-order chi connectivity index (χ1) is 7.00. The molecule has 84 valence electrons. The molecule has 0 saturated heterocycles. The fourth-order valence-electron chi connectivity index (χ4n) is 1.27. The van der Waals surface area contributed by atoms with Crippen molar-refractivity contribution < 1.29 is 0 Å². The van der Waals surface area contributed by atoms with Gasteiger partial charge in [0.1, 0.15) is 5.82 Å². The molecule has 0 aromatic carbocycles. The number of hydrogen-bond acceptors (Lipinski definition) is 3. The molecule has 0 amide bonds. The maximum Gasteiger partial charge on any atom is 0.149 e. The van der Waals surface area contributed by atoms with Crippen LogP contribution in [0.4, 0.5) is 11.5 Å². The number of halogens is 1. The van der Waals surface area contributed by atoms with Gasteiger partial charge in [0.15, 0.2) is 0 Å². The van der Waals surface area contributed by atoms with Crippen LogP contribution in [-0.4, -0.2) is 10.5 Å². The van der Waals surface area contributed by atoms with Gasteiger partial charge in [-0.1, -0.05) is 13.8 Å². The van der Waals surface area contributed by atoms with Crippen molar-refractivity contribution in [2.24, 2.45) is 0 Å². The van der Waals surface area contributed by atoms with E-state index in [0.717, 1.165) is 23.1 Å². The lowest BCUT2D eigenvalue weighted by Crippen LogP contribution is -2.33. The highest BCUT2D eigenvalue weighted by Crippen LogP contribution is 2.25. The zero-order valence-corrected chi connectivity index (χ0v) is 11.1. The molecule has 1 heterocycles. The van der Waals surface area contributed by atoms with Crippen molar-refractivity contribution >= 4 is 27.4 Å². The van der Waals surface area contributed by atoms with Gasteiger partial charge in [-0.25, -0.2) is 4.98 Å². The molecule has 3 N–H and O–H groups in total. The van der Waals surface area contributed by atoms with Gasteiger partial charge >= 0.3 is 0 Å². The molecule has 1 aromatic heterocycles. The van der Waals surface area contributed by atoms with E-state index in [4.69, 9.17) is 5.73 Å². The summed E-state index contributed by atoms with van der Waals surface area (Å²) in [6.45, 7) is 6.49. The van der Waals surface area contributed by atoms with Crippen molar-refractivity contribution in [3.05, 3.63) is 16.7 Å². The topological polar surface area (TPSA) is 50.9 Å². The first kappa shape index (κ1) is 12.3. The van der Waals surface area contributed by atoms with Crippen LogP contribution in [0.25, 0.3) is 0 Å². The molecule has 15 heavy (non-hydrogen) atoms. The van der Waals surface area contributed by atoms with E-state index in [0.29, 0.717) is 5.69 Å². The predicted octanol–water partition coefficient (Wildman–Crippen LogP) is 3.42. The fraction of sp³-hybridized carbons (Fsp3) is 0.545. The molecule has 0 saturated carbocycles. The maximum absolute atomic E-state index is 5.88. The van der Waals surface area contributed by atoms with Gasteiger partial charge in [-0.15, -0.1) is 0 Å². The lowest BCUT2D eigenvalue weighted by atomic mass is 9.95. The van der Waals surface area contributed by atoms with Crippen LogP contribution in [0.1, 0.15) is 33.6 Å². The number of nitrogen functional groups attached to an aromatic ring is 1. The molecule has 0 atom stereocenters. The zero-order chi connectivity index (χ0) is 11.5. The van der Waals surface area contributed by atoms with E-state index in [1.54, 1.807) is 6.20 Å². The highest BCUT2D eigenvalue weighted by Gasteiger charge is 2.20. The minimum absolute atomic E-state index is 0.0644. The average Bonchev–Trinajstić information content (AvgIpc) is 2.22. The average molecular weight is 272 g/mol. The van der Waals surface area contributed by atoms with Crippen LogP contribution in [0.3, 0.4) is 0 Å². The van der Waals surface area contributed by atoms with Crippen LogP contribution in [0.5, 0.6) is 0 Å². The Morgan fingerprint density at radius 3 is 2.53 bits per heavy atom. The summed E-state index contributed by atoms with van der Waals surface area (Å²) >= 11 is 3.34. The van der Waals surface area contributed by atoms with Gasteiger partial charge in [-0.3, -0.25) is 0 Å². The van der Waals surface area contributed by atoms with Gasteiger partial charge in [0.25, 0.3) is 0 Å². The Morgan fingerprint density at radius 1 is 1.47 bits per heavy atom. The van der Waals surface area contributed by atoms with Gasteiger partial charge in [0, 0.05) is 16.2 Å². The van der Waals surface area contributed by atoms with Crippen LogP contribution in [0.2, 0.25) is 0 Å². The van der Waals surface area contributed by atoms with E-state index < -0.39 is 0 Å². The summed E-state index contributed by atoms with van der Waals surface area (Å²) in [5, 5.41) is 3.39. The molecule has 3 nitrogen and oxygen atoms in total. The van der Waals surface area contributed by atoms with Gasteiger partial charge < -0.3 is 11.1 Å². The van der Waals surface area contributed by atoms with E-state index >= 15 is 0 Å². The molecule has 4 heteroatoms. The minimum Gasteiger partial charge on any atom is -0.396 e. The maximum atomic E-state index is 5.88. The second-order valence-corrected chi connectivity index (χ2v) is 4.90. The SMILES string of the molecule is CCC(C)(CC)Nc1ncc(Br)cc1N. The van der Waals surface area contributed by atoms with Crippen LogP contribution in [0.15, 0.2) is 16.7 Å². The van der Waals surface area contributed by atoms with E-state index in [1.165, 1.54) is 0 Å². The molecule has 0 aliphatic carbocycles. The molecule has 1 rings (SSSR count). The van der Waals surface area contributed by atoms with Crippen molar-refractivity contribution in [1.29, 1.82) is 0 Å². The number of nitrogens with one attached hydrogen (secondary N) is 1. The lowest BCUT2D eigenvalue weighted by molar-refractivity contribution is 0.477. The van der Waals surface area contributed by atoms with E-state index in [-0.39, 0.29) is 5.54 Å². The second kappa shape index (κ2) is 4.84.